The number of rotatable bonds is 3. The molecule has 0 saturated carbocycles. The van der Waals surface area contributed by atoms with Crippen LogP contribution >= 0.6 is 11.3 Å². The van der Waals surface area contributed by atoms with Crippen LogP contribution in [0.3, 0.4) is 0 Å². The Labute approximate surface area is 136 Å². The predicted octanol–water partition coefficient (Wildman–Crippen LogP) is -1.66. The van der Waals surface area contributed by atoms with E-state index in [1.165, 1.54) is 11.3 Å². The van der Waals surface area contributed by atoms with E-state index in [0.29, 0.717) is 5.56 Å². The van der Waals surface area contributed by atoms with E-state index < -0.39 is 0 Å². The maximum absolute atomic E-state index is 12.4. The number of aromatic nitrogens is 4. The highest BCUT2D eigenvalue weighted by atomic mass is 127. The van der Waals surface area contributed by atoms with Gasteiger partial charge in [-0.15, -0.1) is 21.5 Å². The van der Waals surface area contributed by atoms with Crippen molar-refractivity contribution in [2.24, 2.45) is 7.05 Å². The number of carbonyl (C=O) groups is 1. The van der Waals surface area contributed by atoms with E-state index in [-0.39, 0.29) is 36.2 Å². The lowest BCUT2D eigenvalue weighted by molar-refractivity contribution is -0.728. The fourth-order valence-corrected chi connectivity index (χ4v) is 2.50. The number of hydrogen-bond donors (Lipinski definition) is 0. The molecular weight excluding hydrogens is 387 g/mol. The standard InChI is InChI=1S/C13H11N4OS.HI/c1-17-7-10(9-4-2-3-5-11(9)16-17)12(18)6-13-15-14-8-19-13;/h2-5,7-8H,6H2,1H3;1H/q+1;/p-1. The Balaban J connectivity index is 0.00000147. The Hall–Kier alpha value is -1.48. The molecule has 2 heterocycles. The third-order valence-corrected chi connectivity index (χ3v) is 3.49. The van der Waals surface area contributed by atoms with Gasteiger partial charge < -0.3 is 24.0 Å². The Morgan fingerprint density at radius 2 is 2.15 bits per heavy atom. The number of ketones is 1. The molecule has 0 N–H and O–H groups in total. The van der Waals surface area contributed by atoms with Gasteiger partial charge >= 0.3 is 0 Å². The second-order valence-corrected chi connectivity index (χ2v) is 5.08. The maximum Gasteiger partial charge on any atom is 0.207 e. The zero-order chi connectivity index (χ0) is 13.2. The van der Waals surface area contributed by atoms with Gasteiger partial charge in [-0.3, -0.25) is 4.79 Å². The number of benzene rings is 1. The zero-order valence-corrected chi connectivity index (χ0v) is 13.6. The molecule has 0 unspecified atom stereocenters. The topological polar surface area (TPSA) is 59.6 Å². The molecule has 5 nitrogen and oxygen atoms in total. The first-order valence-corrected chi connectivity index (χ1v) is 6.66. The van der Waals surface area contributed by atoms with E-state index in [1.54, 1.807) is 16.4 Å². The maximum atomic E-state index is 12.4. The number of fused-ring (bicyclic) bond motifs is 1. The van der Waals surface area contributed by atoms with Gasteiger partial charge in [0.15, 0.2) is 12.8 Å². The lowest BCUT2D eigenvalue weighted by Gasteiger charge is -2.01. The van der Waals surface area contributed by atoms with Gasteiger partial charge in [-0.05, 0) is 11.2 Å². The molecule has 0 aliphatic rings. The normalized spacial score (nSPS) is 10.2. The van der Waals surface area contributed by atoms with Crippen LogP contribution in [0.5, 0.6) is 0 Å². The molecule has 0 saturated heterocycles. The molecule has 20 heavy (non-hydrogen) atoms. The second kappa shape index (κ2) is 6.31. The molecule has 3 aromatic rings. The molecular formula is C13H11IN4OS. The third kappa shape index (κ3) is 2.98. The van der Waals surface area contributed by atoms with Gasteiger partial charge in [0.05, 0.1) is 12.0 Å². The summed E-state index contributed by atoms with van der Waals surface area (Å²) in [6.45, 7) is 0. The highest BCUT2D eigenvalue weighted by molar-refractivity contribution is 7.09. The number of hydrogen-bond acceptors (Lipinski definition) is 5. The van der Waals surface area contributed by atoms with E-state index in [1.807, 2.05) is 31.3 Å². The fraction of sp³-hybridized carbons (Fsp3) is 0.154. The summed E-state index contributed by atoms with van der Waals surface area (Å²) < 4.78 is 1.66. The molecule has 0 aliphatic heterocycles. The summed E-state index contributed by atoms with van der Waals surface area (Å²) >= 11 is 1.39. The molecule has 0 atom stereocenters. The molecule has 102 valence electrons. The number of aryl methyl sites for hydroxylation is 1. The predicted molar refractivity (Wildman–Crippen MR) is 70.9 cm³/mol. The van der Waals surface area contributed by atoms with Gasteiger partial charge in [0, 0.05) is 5.39 Å². The Morgan fingerprint density at radius 1 is 1.35 bits per heavy atom. The largest absolute Gasteiger partial charge is 1.00 e. The molecule has 1 aromatic carbocycles. The summed E-state index contributed by atoms with van der Waals surface area (Å²) in [5, 5.41) is 13.6. The monoisotopic (exact) mass is 398 g/mol. The van der Waals surface area contributed by atoms with Gasteiger partial charge in [-0.1, -0.05) is 22.9 Å². The number of carbonyl (C=O) groups excluding carboxylic acids is 1. The van der Waals surface area contributed by atoms with E-state index in [9.17, 15) is 4.79 Å². The molecule has 0 fully saturated rings. The van der Waals surface area contributed by atoms with Crippen molar-refractivity contribution in [3.05, 3.63) is 46.5 Å². The molecule has 0 aliphatic carbocycles. The van der Waals surface area contributed by atoms with Gasteiger partial charge in [-0.2, -0.15) is 0 Å². The van der Waals surface area contributed by atoms with Crippen LogP contribution in [0.2, 0.25) is 0 Å². The van der Waals surface area contributed by atoms with Crippen molar-refractivity contribution in [1.29, 1.82) is 0 Å². The minimum absolute atomic E-state index is 0. The van der Waals surface area contributed by atoms with E-state index in [2.05, 4.69) is 15.3 Å². The first kappa shape index (κ1) is 14.9. The Kier molecular flexibility index (Phi) is 4.71. The second-order valence-electron chi connectivity index (χ2n) is 4.17. The van der Waals surface area contributed by atoms with Crippen LogP contribution in [-0.4, -0.2) is 21.1 Å². The van der Waals surface area contributed by atoms with E-state index in [4.69, 9.17) is 0 Å². The van der Waals surface area contributed by atoms with Crippen molar-refractivity contribution in [3.63, 3.8) is 0 Å². The summed E-state index contributed by atoms with van der Waals surface area (Å²) in [6, 6.07) is 7.63. The molecule has 0 amide bonds. The lowest BCUT2D eigenvalue weighted by atomic mass is 10.1. The zero-order valence-electron chi connectivity index (χ0n) is 10.7. The fourth-order valence-electron chi connectivity index (χ4n) is 1.97. The summed E-state index contributed by atoms with van der Waals surface area (Å²) in [5.41, 5.74) is 3.12. The van der Waals surface area contributed by atoms with E-state index in [0.717, 1.165) is 15.9 Å². The van der Waals surface area contributed by atoms with Crippen molar-refractivity contribution in [2.45, 2.75) is 6.42 Å². The van der Waals surface area contributed by atoms with Crippen LogP contribution < -0.4 is 28.7 Å². The van der Waals surface area contributed by atoms with Gasteiger partial charge in [0.2, 0.25) is 6.20 Å². The Bertz CT molecular complexity index is 745. The Morgan fingerprint density at radius 3 is 2.90 bits per heavy atom. The van der Waals surface area contributed by atoms with Crippen molar-refractivity contribution >= 4 is 28.0 Å². The lowest BCUT2D eigenvalue weighted by Crippen LogP contribution is -3.00. The van der Waals surface area contributed by atoms with Gasteiger partial charge in [0.1, 0.15) is 16.0 Å². The van der Waals surface area contributed by atoms with E-state index >= 15 is 0 Å². The average molecular weight is 398 g/mol. The molecule has 7 heteroatoms. The average Bonchev–Trinajstić information content (AvgIpc) is 2.90. The molecule has 2 aromatic heterocycles. The molecule has 0 bridgehead atoms. The molecule has 3 rings (SSSR count). The first-order chi connectivity index (χ1) is 9.24. The minimum atomic E-state index is 0. The van der Waals surface area contributed by atoms with Crippen LogP contribution in [0.1, 0.15) is 15.4 Å². The van der Waals surface area contributed by atoms with Crippen molar-refractivity contribution in [3.8, 4) is 0 Å². The summed E-state index contributed by atoms with van der Waals surface area (Å²) in [7, 11) is 1.81. The summed E-state index contributed by atoms with van der Waals surface area (Å²) in [4.78, 5) is 12.4. The molecule has 0 radical (unpaired) electrons. The number of Topliss-reactive ketones (excluding diaryl/α,β-unsaturated/α-hetero) is 1. The van der Waals surface area contributed by atoms with Gasteiger partial charge in [0.25, 0.3) is 0 Å². The van der Waals surface area contributed by atoms with Crippen molar-refractivity contribution in [1.82, 2.24) is 15.3 Å². The number of halogens is 1. The summed E-state index contributed by atoms with van der Waals surface area (Å²) in [6.07, 6.45) is 2.03. The highest BCUT2D eigenvalue weighted by Crippen LogP contribution is 2.17. The number of nitrogens with zero attached hydrogens (tertiary/aromatic N) is 4. The van der Waals surface area contributed by atoms with Crippen LogP contribution in [-0.2, 0) is 13.5 Å². The van der Waals surface area contributed by atoms with Crippen LogP contribution in [0.4, 0.5) is 0 Å². The first-order valence-electron chi connectivity index (χ1n) is 5.78. The minimum Gasteiger partial charge on any atom is -1.00 e. The highest BCUT2D eigenvalue weighted by Gasteiger charge is 2.17. The van der Waals surface area contributed by atoms with Gasteiger partial charge in [-0.25, -0.2) is 0 Å². The van der Waals surface area contributed by atoms with Crippen molar-refractivity contribution in [2.75, 3.05) is 0 Å². The van der Waals surface area contributed by atoms with Crippen molar-refractivity contribution < 1.29 is 33.5 Å². The third-order valence-electron chi connectivity index (χ3n) is 2.79. The van der Waals surface area contributed by atoms with Crippen LogP contribution in [0.25, 0.3) is 10.9 Å². The smallest absolute Gasteiger partial charge is 0.207 e. The van der Waals surface area contributed by atoms with Crippen LogP contribution in [0.15, 0.2) is 36.0 Å². The SMILES string of the molecule is C[n+]1cc(C(=O)Cc2nncs2)c2ccccc2n1.[I-]. The van der Waals surface area contributed by atoms with Crippen LogP contribution in [0, 0.1) is 0 Å². The summed E-state index contributed by atoms with van der Waals surface area (Å²) in [5.74, 6) is 0.0333. The quantitative estimate of drug-likeness (QED) is 0.301. The molecule has 0 spiro atoms.